The van der Waals surface area contributed by atoms with Crippen LogP contribution >= 0.6 is 0 Å². The molecule has 4 heteroatoms. The first-order chi connectivity index (χ1) is 9.27. The number of benzene rings is 1. The average molecular weight is 260 g/mol. The molecule has 0 fully saturated rings. The first kappa shape index (κ1) is 13.2. The Hall–Kier alpha value is -2.23. The van der Waals surface area contributed by atoms with E-state index in [4.69, 9.17) is 13.9 Å². The second-order valence-corrected chi connectivity index (χ2v) is 3.83. The van der Waals surface area contributed by atoms with Gasteiger partial charge in [0.15, 0.2) is 5.56 Å². The first-order valence-electron chi connectivity index (χ1n) is 6.24. The smallest absolute Gasteiger partial charge is 0.346 e. The van der Waals surface area contributed by atoms with Crippen molar-refractivity contribution in [3.8, 4) is 17.1 Å². The van der Waals surface area contributed by atoms with E-state index in [9.17, 15) is 4.79 Å². The number of hydrogen-bond donors (Lipinski definition) is 0. The molecule has 4 nitrogen and oxygen atoms in total. The molecule has 0 aliphatic carbocycles. The van der Waals surface area contributed by atoms with Crippen molar-refractivity contribution in [2.45, 2.75) is 13.8 Å². The molecule has 0 spiro atoms. The number of rotatable bonds is 5. The second-order valence-electron chi connectivity index (χ2n) is 3.83. The van der Waals surface area contributed by atoms with Gasteiger partial charge in [-0.25, -0.2) is 4.79 Å². The van der Waals surface area contributed by atoms with E-state index < -0.39 is 5.97 Å². The zero-order valence-corrected chi connectivity index (χ0v) is 11.0. The number of carbonyl (C=O) groups is 1. The molecule has 0 radical (unpaired) electrons. The minimum atomic E-state index is -0.432. The van der Waals surface area contributed by atoms with E-state index in [1.165, 1.54) is 6.26 Å². The lowest BCUT2D eigenvalue weighted by molar-refractivity contribution is 0.0519. The highest BCUT2D eigenvalue weighted by Crippen LogP contribution is 2.33. The topological polar surface area (TPSA) is 48.7 Å². The van der Waals surface area contributed by atoms with E-state index in [0.717, 1.165) is 5.56 Å². The Kier molecular flexibility index (Phi) is 4.23. The van der Waals surface area contributed by atoms with Gasteiger partial charge in [0, 0.05) is 5.56 Å². The Morgan fingerprint density at radius 2 is 1.89 bits per heavy atom. The summed E-state index contributed by atoms with van der Waals surface area (Å²) in [6.45, 7) is 4.33. The molecule has 1 aromatic heterocycles. The molecular weight excluding hydrogens is 244 g/mol. The Balaban J connectivity index is 2.46. The van der Waals surface area contributed by atoms with Gasteiger partial charge in [-0.3, -0.25) is 0 Å². The number of esters is 1. The van der Waals surface area contributed by atoms with Crippen LogP contribution in [0.25, 0.3) is 11.1 Å². The minimum absolute atomic E-state index is 0.208. The van der Waals surface area contributed by atoms with Gasteiger partial charge in [0.05, 0.1) is 13.2 Å². The van der Waals surface area contributed by atoms with Gasteiger partial charge < -0.3 is 13.9 Å². The fourth-order valence-electron chi connectivity index (χ4n) is 1.80. The average Bonchev–Trinajstić information content (AvgIpc) is 2.84. The number of furan rings is 1. The Morgan fingerprint density at radius 1 is 1.16 bits per heavy atom. The maximum Gasteiger partial charge on any atom is 0.346 e. The van der Waals surface area contributed by atoms with Crippen LogP contribution in [-0.4, -0.2) is 19.2 Å². The van der Waals surface area contributed by atoms with E-state index in [-0.39, 0.29) is 5.95 Å². The van der Waals surface area contributed by atoms with Gasteiger partial charge in [0.25, 0.3) is 5.95 Å². The zero-order valence-electron chi connectivity index (χ0n) is 11.0. The third kappa shape index (κ3) is 2.78. The van der Waals surface area contributed by atoms with Crippen molar-refractivity contribution in [1.29, 1.82) is 0 Å². The predicted molar refractivity (Wildman–Crippen MR) is 71.3 cm³/mol. The van der Waals surface area contributed by atoms with Crippen LogP contribution in [-0.2, 0) is 4.74 Å². The van der Waals surface area contributed by atoms with Gasteiger partial charge in [-0.05, 0) is 19.4 Å². The van der Waals surface area contributed by atoms with E-state index >= 15 is 0 Å². The first-order valence-corrected chi connectivity index (χ1v) is 6.24. The summed E-state index contributed by atoms with van der Waals surface area (Å²) in [6, 6.07) is 9.53. The standard InChI is InChI=1S/C15H16O4/c1-3-17-14(16)13-12(10-19-15(13)18-4-2)11-8-6-5-7-9-11/h5-10H,3-4H2,1-2H3. The maximum atomic E-state index is 12.0. The molecule has 2 aromatic rings. The highest BCUT2D eigenvalue weighted by molar-refractivity contribution is 5.99. The molecule has 2 rings (SSSR count). The van der Waals surface area contributed by atoms with Crippen molar-refractivity contribution in [2.24, 2.45) is 0 Å². The normalized spacial score (nSPS) is 10.2. The van der Waals surface area contributed by atoms with Crippen molar-refractivity contribution in [3.05, 3.63) is 42.2 Å². The van der Waals surface area contributed by atoms with Gasteiger partial charge in [-0.15, -0.1) is 0 Å². The molecule has 100 valence electrons. The number of carbonyl (C=O) groups excluding carboxylic acids is 1. The van der Waals surface area contributed by atoms with Gasteiger partial charge in [-0.1, -0.05) is 30.3 Å². The fraction of sp³-hybridized carbons (Fsp3) is 0.267. The monoisotopic (exact) mass is 260 g/mol. The van der Waals surface area contributed by atoms with Crippen molar-refractivity contribution in [2.75, 3.05) is 13.2 Å². The van der Waals surface area contributed by atoms with Crippen LogP contribution in [0.1, 0.15) is 24.2 Å². The van der Waals surface area contributed by atoms with Crippen LogP contribution < -0.4 is 4.74 Å². The van der Waals surface area contributed by atoms with Crippen LogP contribution in [0.3, 0.4) is 0 Å². The highest BCUT2D eigenvalue weighted by Gasteiger charge is 2.24. The summed E-state index contributed by atoms with van der Waals surface area (Å²) in [5.41, 5.74) is 1.91. The van der Waals surface area contributed by atoms with Crippen LogP contribution in [0.5, 0.6) is 5.95 Å². The quantitative estimate of drug-likeness (QED) is 0.772. The number of hydrogen-bond acceptors (Lipinski definition) is 4. The van der Waals surface area contributed by atoms with E-state index in [1.807, 2.05) is 37.3 Å². The van der Waals surface area contributed by atoms with Crippen molar-refractivity contribution in [1.82, 2.24) is 0 Å². The molecule has 19 heavy (non-hydrogen) atoms. The van der Waals surface area contributed by atoms with E-state index in [1.54, 1.807) is 6.92 Å². The summed E-state index contributed by atoms with van der Waals surface area (Å²) in [4.78, 5) is 12.0. The maximum absolute atomic E-state index is 12.0. The molecule has 0 saturated heterocycles. The minimum Gasteiger partial charge on any atom is -0.465 e. The molecule has 0 amide bonds. The molecule has 0 atom stereocenters. The predicted octanol–water partition coefficient (Wildman–Crippen LogP) is 3.52. The van der Waals surface area contributed by atoms with Crippen LogP contribution in [0.4, 0.5) is 0 Å². The molecule has 0 aliphatic rings. The Labute approximate surface area is 111 Å². The van der Waals surface area contributed by atoms with Gasteiger partial charge in [0.2, 0.25) is 0 Å². The summed E-state index contributed by atoms with van der Waals surface area (Å²) < 4.78 is 15.7. The summed E-state index contributed by atoms with van der Waals surface area (Å²) >= 11 is 0. The Bertz CT molecular complexity index is 543. The van der Waals surface area contributed by atoms with E-state index in [2.05, 4.69) is 0 Å². The van der Waals surface area contributed by atoms with Crippen molar-refractivity contribution < 1.29 is 18.7 Å². The van der Waals surface area contributed by atoms with Crippen LogP contribution in [0, 0.1) is 0 Å². The highest BCUT2D eigenvalue weighted by atomic mass is 16.6. The summed E-state index contributed by atoms with van der Waals surface area (Å²) in [7, 11) is 0. The third-order valence-electron chi connectivity index (χ3n) is 2.60. The summed E-state index contributed by atoms with van der Waals surface area (Å²) in [6.07, 6.45) is 1.52. The van der Waals surface area contributed by atoms with E-state index in [0.29, 0.717) is 24.3 Å². The lowest BCUT2D eigenvalue weighted by Gasteiger charge is -2.05. The molecule has 1 aromatic carbocycles. The second kappa shape index (κ2) is 6.09. The third-order valence-corrected chi connectivity index (χ3v) is 2.60. The summed E-state index contributed by atoms with van der Waals surface area (Å²) in [5, 5.41) is 0. The molecule has 0 N–H and O–H groups in total. The van der Waals surface area contributed by atoms with Gasteiger partial charge in [-0.2, -0.15) is 0 Å². The zero-order chi connectivity index (χ0) is 13.7. The largest absolute Gasteiger partial charge is 0.465 e. The summed E-state index contributed by atoms with van der Waals surface area (Å²) in [5.74, 6) is -0.224. The van der Waals surface area contributed by atoms with Crippen molar-refractivity contribution in [3.63, 3.8) is 0 Å². The molecular formula is C15H16O4. The van der Waals surface area contributed by atoms with Gasteiger partial charge in [0.1, 0.15) is 6.26 Å². The van der Waals surface area contributed by atoms with Crippen LogP contribution in [0.15, 0.2) is 41.0 Å². The number of ether oxygens (including phenoxy) is 2. The molecule has 1 heterocycles. The van der Waals surface area contributed by atoms with Gasteiger partial charge >= 0.3 is 5.97 Å². The lowest BCUT2D eigenvalue weighted by atomic mass is 10.0. The molecule has 0 aliphatic heterocycles. The SMILES string of the molecule is CCOC(=O)c1c(-c2ccccc2)coc1OCC. The Morgan fingerprint density at radius 3 is 2.53 bits per heavy atom. The fourth-order valence-corrected chi connectivity index (χ4v) is 1.80. The molecule has 0 bridgehead atoms. The van der Waals surface area contributed by atoms with Crippen LogP contribution in [0.2, 0.25) is 0 Å². The molecule has 0 unspecified atom stereocenters. The lowest BCUT2D eigenvalue weighted by Crippen LogP contribution is -2.07. The van der Waals surface area contributed by atoms with Crippen molar-refractivity contribution >= 4 is 5.97 Å². The molecule has 0 saturated carbocycles.